The Morgan fingerprint density at radius 3 is 2.55 bits per heavy atom. The van der Waals surface area contributed by atoms with E-state index in [2.05, 4.69) is 0 Å². The number of rotatable bonds is 8. The number of carbonyl (C=O) groups is 2. The number of hydrogen-bond acceptors (Lipinski definition) is 5. The van der Waals surface area contributed by atoms with E-state index in [9.17, 15) is 14.7 Å². The maximum Gasteiger partial charge on any atom is 0.309 e. The Morgan fingerprint density at radius 1 is 1.15 bits per heavy atom. The van der Waals surface area contributed by atoms with Crippen LogP contribution in [-0.4, -0.2) is 60.6 Å². The summed E-state index contributed by atoms with van der Waals surface area (Å²) in [6, 6.07) is 14.8. The van der Waals surface area contributed by atoms with Gasteiger partial charge in [-0.05, 0) is 41.8 Å². The summed E-state index contributed by atoms with van der Waals surface area (Å²) in [5, 5.41) is 11.3. The topological polar surface area (TPSA) is 83.2 Å². The molecule has 0 saturated carbocycles. The van der Waals surface area contributed by atoms with Crippen LogP contribution >= 0.6 is 0 Å². The first-order chi connectivity index (χ1) is 15.9. The number of nitrogens with zero attached hydrogens (tertiary/aromatic N) is 2. The summed E-state index contributed by atoms with van der Waals surface area (Å²) in [6.45, 7) is 3.32. The lowest BCUT2D eigenvalue weighted by atomic mass is 9.82. The van der Waals surface area contributed by atoms with E-state index in [4.69, 9.17) is 9.15 Å². The lowest BCUT2D eigenvalue weighted by Gasteiger charge is -2.28. The van der Waals surface area contributed by atoms with E-state index in [1.807, 2.05) is 60.4 Å². The molecule has 174 valence electrons. The van der Waals surface area contributed by atoms with Crippen LogP contribution in [0, 0.1) is 5.92 Å². The number of fused-ring (bicyclic) bond motifs is 1. The zero-order chi connectivity index (χ0) is 23.5. The van der Waals surface area contributed by atoms with Crippen molar-refractivity contribution in [2.75, 3.05) is 33.8 Å². The van der Waals surface area contributed by atoms with E-state index in [0.717, 1.165) is 28.5 Å². The maximum absolute atomic E-state index is 12.9. The van der Waals surface area contributed by atoms with Crippen LogP contribution in [0.4, 0.5) is 0 Å². The van der Waals surface area contributed by atoms with Crippen molar-refractivity contribution in [1.82, 2.24) is 9.80 Å². The van der Waals surface area contributed by atoms with Crippen LogP contribution in [-0.2, 0) is 9.59 Å². The summed E-state index contributed by atoms with van der Waals surface area (Å²) in [7, 11) is 3.39. The largest absolute Gasteiger partial charge is 0.497 e. The molecule has 1 amide bonds. The maximum atomic E-state index is 12.9. The number of methoxy groups -OCH3 is 1. The highest BCUT2D eigenvalue weighted by molar-refractivity contribution is 5.80. The molecule has 2 heterocycles. The van der Waals surface area contributed by atoms with Gasteiger partial charge in [-0.2, -0.15) is 0 Å². The van der Waals surface area contributed by atoms with Gasteiger partial charge < -0.3 is 19.2 Å². The van der Waals surface area contributed by atoms with Crippen LogP contribution in [0.3, 0.4) is 0 Å². The number of carbonyl (C=O) groups excluding carboxylic acids is 1. The molecule has 3 atom stereocenters. The van der Waals surface area contributed by atoms with Crippen molar-refractivity contribution in [3.05, 3.63) is 65.9 Å². The zero-order valence-corrected chi connectivity index (χ0v) is 19.2. The SMILES string of the molecule is CCCN(C)C(=O)CN1CC(c2ccc3ccoc3c2)[C@H](C(=O)O)[C@H]1c1ccc(OC)cc1. The molecule has 0 radical (unpaired) electrons. The second-order valence-electron chi connectivity index (χ2n) is 8.65. The highest BCUT2D eigenvalue weighted by Gasteiger charge is 2.48. The number of furan rings is 1. The zero-order valence-electron chi connectivity index (χ0n) is 19.2. The first-order valence-corrected chi connectivity index (χ1v) is 11.2. The molecule has 1 aliphatic rings. The predicted octanol–water partition coefficient (Wildman–Crippen LogP) is 4.15. The first kappa shape index (κ1) is 22.9. The molecule has 1 aromatic heterocycles. The Bertz CT molecular complexity index is 1120. The number of carboxylic acid groups (broad SMARTS) is 1. The molecule has 1 N–H and O–H groups in total. The number of aliphatic carboxylic acids is 1. The van der Waals surface area contributed by atoms with Gasteiger partial charge in [0.05, 0.1) is 25.8 Å². The summed E-state index contributed by atoms with van der Waals surface area (Å²) in [5.74, 6) is -1.18. The van der Waals surface area contributed by atoms with Crippen LogP contribution in [0.25, 0.3) is 11.0 Å². The van der Waals surface area contributed by atoms with Gasteiger partial charge in [-0.15, -0.1) is 0 Å². The number of ether oxygens (including phenoxy) is 1. The summed E-state index contributed by atoms with van der Waals surface area (Å²) >= 11 is 0. The van der Waals surface area contributed by atoms with Crippen LogP contribution in [0.15, 0.2) is 59.2 Å². The van der Waals surface area contributed by atoms with Gasteiger partial charge >= 0.3 is 5.97 Å². The van der Waals surface area contributed by atoms with Crippen molar-refractivity contribution in [3.63, 3.8) is 0 Å². The summed E-state index contributed by atoms with van der Waals surface area (Å²) in [5.41, 5.74) is 2.49. The van der Waals surface area contributed by atoms with Gasteiger partial charge in [-0.3, -0.25) is 14.5 Å². The minimum absolute atomic E-state index is 0.0124. The van der Waals surface area contributed by atoms with Gasteiger partial charge in [-0.25, -0.2) is 0 Å². The van der Waals surface area contributed by atoms with Crippen molar-refractivity contribution in [2.45, 2.75) is 25.3 Å². The van der Waals surface area contributed by atoms with Crippen molar-refractivity contribution in [3.8, 4) is 5.75 Å². The Kier molecular flexibility index (Phi) is 6.70. The van der Waals surface area contributed by atoms with Gasteiger partial charge in [0.2, 0.25) is 5.91 Å². The van der Waals surface area contributed by atoms with Gasteiger partial charge in [0, 0.05) is 37.5 Å². The molecule has 1 fully saturated rings. The van der Waals surface area contributed by atoms with Crippen molar-refractivity contribution in [2.24, 2.45) is 5.92 Å². The number of likely N-dealkylation sites (tertiary alicyclic amines) is 1. The smallest absolute Gasteiger partial charge is 0.309 e. The molecule has 7 heteroatoms. The summed E-state index contributed by atoms with van der Waals surface area (Å²) < 4.78 is 10.8. The fourth-order valence-corrected chi connectivity index (χ4v) is 4.89. The van der Waals surface area contributed by atoms with Crippen LogP contribution < -0.4 is 4.74 Å². The van der Waals surface area contributed by atoms with E-state index in [-0.39, 0.29) is 18.4 Å². The minimum atomic E-state index is -0.878. The van der Waals surface area contributed by atoms with Gasteiger partial charge in [0.25, 0.3) is 0 Å². The van der Waals surface area contributed by atoms with Crippen LogP contribution in [0.1, 0.15) is 36.4 Å². The normalized spacial score (nSPS) is 20.8. The Hall–Kier alpha value is -3.32. The summed E-state index contributed by atoms with van der Waals surface area (Å²) in [4.78, 5) is 29.2. The quantitative estimate of drug-likeness (QED) is 0.555. The molecule has 1 aliphatic heterocycles. The van der Waals surface area contributed by atoms with Crippen molar-refractivity contribution in [1.29, 1.82) is 0 Å². The van der Waals surface area contributed by atoms with Crippen molar-refractivity contribution >= 4 is 22.8 Å². The Labute approximate surface area is 193 Å². The lowest BCUT2D eigenvalue weighted by Crippen LogP contribution is -2.39. The average molecular weight is 451 g/mol. The van der Waals surface area contributed by atoms with Gasteiger partial charge in [0.15, 0.2) is 0 Å². The lowest BCUT2D eigenvalue weighted by molar-refractivity contribution is -0.143. The molecule has 0 spiro atoms. The average Bonchev–Trinajstić information content (AvgIpc) is 3.43. The molecule has 2 aromatic carbocycles. The highest BCUT2D eigenvalue weighted by Crippen LogP contribution is 2.46. The standard InChI is InChI=1S/C26H30N2O5/c1-4-12-27(2)23(29)16-28-15-21(19-6-5-17-11-13-33-22(17)14-19)24(26(30)31)25(28)18-7-9-20(32-3)10-8-18/h5-11,13-14,21,24-25H,4,12,15-16H2,1-3H3,(H,30,31)/t21?,24-,25+/m0/s1. The van der Waals surface area contributed by atoms with Crippen LogP contribution in [0.2, 0.25) is 0 Å². The molecule has 0 aliphatic carbocycles. The monoisotopic (exact) mass is 450 g/mol. The predicted molar refractivity (Wildman–Crippen MR) is 125 cm³/mol. The molecule has 33 heavy (non-hydrogen) atoms. The van der Waals surface area contributed by atoms with E-state index in [1.165, 1.54) is 0 Å². The summed E-state index contributed by atoms with van der Waals surface area (Å²) in [6.07, 6.45) is 2.50. The number of likely N-dealkylation sites (N-methyl/N-ethyl adjacent to an activating group) is 1. The van der Waals surface area contributed by atoms with Gasteiger partial charge in [0.1, 0.15) is 11.3 Å². The van der Waals surface area contributed by atoms with E-state index in [1.54, 1.807) is 25.3 Å². The highest BCUT2D eigenvalue weighted by atomic mass is 16.5. The third kappa shape index (κ3) is 4.59. The Morgan fingerprint density at radius 2 is 1.88 bits per heavy atom. The van der Waals surface area contributed by atoms with E-state index >= 15 is 0 Å². The molecule has 0 bridgehead atoms. The van der Waals surface area contributed by atoms with E-state index < -0.39 is 17.9 Å². The number of carboxylic acids is 1. The fourth-order valence-electron chi connectivity index (χ4n) is 4.89. The second kappa shape index (κ2) is 9.67. The second-order valence-corrected chi connectivity index (χ2v) is 8.65. The molecule has 4 rings (SSSR count). The molecule has 1 unspecified atom stereocenters. The third-order valence-corrected chi connectivity index (χ3v) is 6.57. The minimum Gasteiger partial charge on any atom is -0.497 e. The van der Waals surface area contributed by atoms with Gasteiger partial charge in [-0.1, -0.05) is 31.2 Å². The molecular weight excluding hydrogens is 420 g/mol. The fraction of sp³-hybridized carbons (Fsp3) is 0.385. The first-order valence-electron chi connectivity index (χ1n) is 11.2. The van der Waals surface area contributed by atoms with Crippen LogP contribution in [0.5, 0.6) is 5.75 Å². The Balaban J connectivity index is 1.73. The molecule has 1 saturated heterocycles. The molecule has 3 aromatic rings. The molecule has 7 nitrogen and oxygen atoms in total. The van der Waals surface area contributed by atoms with Crippen molar-refractivity contribution < 1.29 is 23.8 Å². The third-order valence-electron chi connectivity index (χ3n) is 6.57. The number of amides is 1. The molecular formula is C26H30N2O5. The number of hydrogen-bond donors (Lipinski definition) is 1. The van der Waals surface area contributed by atoms with E-state index in [0.29, 0.717) is 18.8 Å². The number of benzene rings is 2.